The smallest absolute Gasteiger partial charge is 0.336 e. The van der Waals surface area contributed by atoms with Crippen molar-refractivity contribution in [2.24, 2.45) is 0 Å². The number of H-pyrrole nitrogens is 2. The topological polar surface area (TPSA) is 95.7 Å². The maximum Gasteiger partial charge on any atom is 0.336 e. The van der Waals surface area contributed by atoms with Crippen molar-refractivity contribution in [3.05, 3.63) is 36.0 Å². The molecule has 2 aromatic heterocycles. The standard InChI is InChI=1S/C12H11N5O2/c1-19-12-15-11(16-17-12)14-10(18)8-4-2-3-7-5-6-13-9(7)8/h2-6,13H,1H3,(H2,14,15,16,17,18). The summed E-state index contributed by atoms with van der Waals surface area (Å²) in [5.74, 6) is -0.0303. The molecular formula is C12H11N5O2. The summed E-state index contributed by atoms with van der Waals surface area (Å²) < 4.78 is 4.83. The Kier molecular flexibility index (Phi) is 2.64. The molecule has 3 N–H and O–H groups in total. The average Bonchev–Trinajstić information content (AvgIpc) is 3.05. The number of ether oxygens (including phenoxy) is 1. The first kappa shape index (κ1) is 11.3. The molecule has 7 heteroatoms. The van der Waals surface area contributed by atoms with Crippen molar-refractivity contribution < 1.29 is 9.53 Å². The summed E-state index contributed by atoms with van der Waals surface area (Å²) in [6.45, 7) is 0. The second kappa shape index (κ2) is 4.45. The van der Waals surface area contributed by atoms with E-state index in [1.807, 2.05) is 18.2 Å². The predicted octanol–water partition coefficient (Wildman–Crippen LogP) is 1.55. The van der Waals surface area contributed by atoms with E-state index >= 15 is 0 Å². The van der Waals surface area contributed by atoms with E-state index in [2.05, 4.69) is 25.5 Å². The number of nitrogens with one attached hydrogen (secondary N) is 3. The number of benzene rings is 1. The van der Waals surface area contributed by atoms with Crippen LogP contribution in [0.5, 0.6) is 6.01 Å². The quantitative estimate of drug-likeness (QED) is 0.663. The number of hydrogen-bond donors (Lipinski definition) is 3. The zero-order valence-electron chi connectivity index (χ0n) is 10.1. The molecule has 7 nitrogen and oxygen atoms in total. The van der Waals surface area contributed by atoms with Crippen molar-refractivity contribution >= 4 is 22.8 Å². The third-order valence-corrected chi connectivity index (χ3v) is 2.71. The number of hydrogen-bond acceptors (Lipinski definition) is 4. The second-order valence-electron chi connectivity index (χ2n) is 3.87. The summed E-state index contributed by atoms with van der Waals surface area (Å²) in [6.07, 6.45) is 1.79. The highest BCUT2D eigenvalue weighted by molar-refractivity contribution is 6.11. The SMILES string of the molecule is COc1n[nH]c(NC(=O)c2cccc3cc[nH]c23)n1. The number of carbonyl (C=O) groups is 1. The Labute approximate surface area is 108 Å². The Morgan fingerprint density at radius 2 is 2.26 bits per heavy atom. The molecule has 0 fully saturated rings. The van der Waals surface area contributed by atoms with Crippen molar-refractivity contribution in [2.45, 2.75) is 0 Å². The molecule has 0 saturated carbocycles. The third-order valence-electron chi connectivity index (χ3n) is 2.71. The molecule has 0 bridgehead atoms. The first-order valence-electron chi connectivity index (χ1n) is 5.62. The molecule has 0 spiro atoms. The summed E-state index contributed by atoms with van der Waals surface area (Å²) in [6, 6.07) is 7.57. The number of carbonyl (C=O) groups excluding carboxylic acids is 1. The lowest BCUT2D eigenvalue weighted by atomic mass is 10.1. The van der Waals surface area contributed by atoms with Gasteiger partial charge >= 0.3 is 6.01 Å². The van der Waals surface area contributed by atoms with Gasteiger partial charge in [0.1, 0.15) is 0 Å². The molecule has 0 saturated heterocycles. The molecule has 0 aliphatic rings. The van der Waals surface area contributed by atoms with Gasteiger partial charge in [-0.1, -0.05) is 12.1 Å². The lowest BCUT2D eigenvalue weighted by Gasteiger charge is -2.02. The minimum Gasteiger partial charge on any atom is -0.466 e. The minimum atomic E-state index is -0.271. The second-order valence-corrected chi connectivity index (χ2v) is 3.87. The predicted molar refractivity (Wildman–Crippen MR) is 69.2 cm³/mol. The number of methoxy groups -OCH3 is 1. The van der Waals surface area contributed by atoms with Gasteiger partial charge in [0.05, 0.1) is 18.2 Å². The van der Waals surface area contributed by atoms with E-state index in [0.717, 1.165) is 10.9 Å². The van der Waals surface area contributed by atoms with Crippen molar-refractivity contribution in [3.8, 4) is 6.01 Å². The fourth-order valence-corrected chi connectivity index (χ4v) is 1.84. The van der Waals surface area contributed by atoms with Crippen molar-refractivity contribution in [1.29, 1.82) is 0 Å². The molecule has 96 valence electrons. The molecular weight excluding hydrogens is 246 g/mol. The van der Waals surface area contributed by atoms with Crippen LogP contribution in [0.25, 0.3) is 10.9 Å². The van der Waals surface area contributed by atoms with Gasteiger partial charge in [-0.3, -0.25) is 10.1 Å². The van der Waals surface area contributed by atoms with Crippen molar-refractivity contribution in [1.82, 2.24) is 20.2 Å². The van der Waals surface area contributed by atoms with Gasteiger partial charge in [0, 0.05) is 11.6 Å². The van der Waals surface area contributed by atoms with Gasteiger partial charge in [0.2, 0.25) is 5.95 Å². The highest BCUT2D eigenvalue weighted by atomic mass is 16.5. The van der Waals surface area contributed by atoms with Crippen LogP contribution < -0.4 is 10.1 Å². The molecule has 0 aliphatic carbocycles. The van der Waals surface area contributed by atoms with E-state index in [9.17, 15) is 4.79 Å². The first-order valence-corrected chi connectivity index (χ1v) is 5.62. The monoisotopic (exact) mass is 257 g/mol. The normalized spacial score (nSPS) is 10.6. The Hall–Kier alpha value is -2.83. The number of nitrogens with zero attached hydrogens (tertiary/aromatic N) is 2. The van der Waals surface area contributed by atoms with E-state index in [-0.39, 0.29) is 17.9 Å². The molecule has 3 aromatic rings. The van der Waals surface area contributed by atoms with Crippen LogP contribution >= 0.6 is 0 Å². The zero-order chi connectivity index (χ0) is 13.2. The number of rotatable bonds is 3. The maximum atomic E-state index is 12.2. The lowest BCUT2D eigenvalue weighted by molar-refractivity contribution is 0.102. The third kappa shape index (κ3) is 2.01. The molecule has 19 heavy (non-hydrogen) atoms. The number of fused-ring (bicyclic) bond motifs is 1. The molecule has 2 heterocycles. The summed E-state index contributed by atoms with van der Waals surface area (Å²) in [7, 11) is 1.45. The lowest BCUT2D eigenvalue weighted by Crippen LogP contribution is -2.13. The highest BCUT2D eigenvalue weighted by Gasteiger charge is 2.13. The molecule has 0 atom stereocenters. The van der Waals surface area contributed by atoms with E-state index in [0.29, 0.717) is 5.56 Å². The number of aromatic nitrogens is 4. The fraction of sp³-hybridized carbons (Fsp3) is 0.0833. The molecule has 1 aromatic carbocycles. The summed E-state index contributed by atoms with van der Waals surface area (Å²) in [4.78, 5) is 19.1. The van der Waals surface area contributed by atoms with Crippen LogP contribution in [-0.2, 0) is 0 Å². The Morgan fingerprint density at radius 3 is 3.05 bits per heavy atom. The van der Waals surface area contributed by atoms with Crippen molar-refractivity contribution in [3.63, 3.8) is 0 Å². The zero-order valence-corrected chi connectivity index (χ0v) is 10.1. The summed E-state index contributed by atoms with van der Waals surface area (Å²) in [5.41, 5.74) is 1.32. The van der Waals surface area contributed by atoms with Crippen LogP contribution in [0.1, 0.15) is 10.4 Å². The largest absolute Gasteiger partial charge is 0.466 e. The van der Waals surface area contributed by atoms with E-state index in [1.165, 1.54) is 7.11 Å². The highest BCUT2D eigenvalue weighted by Crippen LogP contribution is 2.18. The van der Waals surface area contributed by atoms with Gasteiger partial charge in [0.25, 0.3) is 5.91 Å². The van der Waals surface area contributed by atoms with Crippen LogP contribution in [0.4, 0.5) is 5.95 Å². The molecule has 0 unspecified atom stereocenters. The van der Waals surface area contributed by atoms with E-state index in [4.69, 9.17) is 4.74 Å². The number of amides is 1. The van der Waals surface area contributed by atoms with Crippen LogP contribution in [0.3, 0.4) is 0 Å². The molecule has 0 aliphatic heterocycles. The van der Waals surface area contributed by atoms with Crippen molar-refractivity contribution in [2.75, 3.05) is 12.4 Å². The molecule has 1 amide bonds. The van der Waals surface area contributed by atoms with E-state index < -0.39 is 0 Å². The number of aromatic amines is 2. The first-order chi connectivity index (χ1) is 9.28. The van der Waals surface area contributed by atoms with Crippen LogP contribution in [-0.4, -0.2) is 33.2 Å². The maximum absolute atomic E-state index is 12.2. The van der Waals surface area contributed by atoms with Crippen LogP contribution in [0, 0.1) is 0 Å². The van der Waals surface area contributed by atoms with Gasteiger partial charge in [-0.05, 0) is 12.1 Å². The minimum absolute atomic E-state index is 0.174. The number of anilines is 1. The molecule has 3 rings (SSSR count). The summed E-state index contributed by atoms with van der Waals surface area (Å²) in [5, 5.41) is 9.93. The summed E-state index contributed by atoms with van der Waals surface area (Å²) >= 11 is 0. The Morgan fingerprint density at radius 1 is 1.37 bits per heavy atom. The Balaban J connectivity index is 1.89. The van der Waals surface area contributed by atoms with Gasteiger partial charge in [0.15, 0.2) is 0 Å². The van der Waals surface area contributed by atoms with Crippen LogP contribution in [0.2, 0.25) is 0 Å². The van der Waals surface area contributed by atoms with E-state index in [1.54, 1.807) is 12.3 Å². The number of para-hydroxylation sites is 1. The Bertz CT molecular complexity index is 730. The van der Waals surface area contributed by atoms with Gasteiger partial charge in [-0.2, -0.15) is 4.98 Å². The fourth-order valence-electron chi connectivity index (χ4n) is 1.84. The average molecular weight is 257 g/mol. The molecule has 0 radical (unpaired) electrons. The van der Waals surface area contributed by atoms with Gasteiger partial charge in [-0.15, -0.1) is 5.10 Å². The van der Waals surface area contributed by atoms with Gasteiger partial charge in [-0.25, -0.2) is 5.10 Å². The van der Waals surface area contributed by atoms with Crippen LogP contribution in [0.15, 0.2) is 30.5 Å². The van der Waals surface area contributed by atoms with Gasteiger partial charge < -0.3 is 9.72 Å².